The molecule has 2 amide bonds. The Balaban J connectivity index is 1.86. The van der Waals surface area contributed by atoms with Crippen molar-refractivity contribution in [3.05, 3.63) is 59.1 Å². The number of guanidine groups is 1. The number of aromatic nitrogens is 1. The summed E-state index contributed by atoms with van der Waals surface area (Å²) in [5.74, 6) is -3.64. The zero-order valence-corrected chi connectivity index (χ0v) is 17.4. The van der Waals surface area contributed by atoms with Crippen molar-refractivity contribution in [2.24, 2.45) is 16.5 Å². The van der Waals surface area contributed by atoms with Gasteiger partial charge in [0.2, 0.25) is 5.91 Å². The molecule has 2 aliphatic heterocycles. The van der Waals surface area contributed by atoms with Crippen LogP contribution < -0.4 is 16.8 Å². The number of hydrogen-bond acceptors (Lipinski definition) is 7. The molecule has 1 unspecified atom stereocenters. The maximum Gasteiger partial charge on any atom is 0.352 e. The molecule has 1 aromatic rings. The molecule has 168 valence electrons. The second-order valence-electron chi connectivity index (χ2n) is 6.80. The molecule has 1 fully saturated rings. The first-order valence-electron chi connectivity index (χ1n) is 9.27. The van der Waals surface area contributed by atoms with Gasteiger partial charge in [0.05, 0.1) is 23.6 Å². The first-order valence-corrected chi connectivity index (χ1v) is 11.0. The largest absolute Gasteiger partial charge is 0.477 e. The summed E-state index contributed by atoms with van der Waals surface area (Å²) in [5.41, 5.74) is 9.98. The molecule has 1 atom stereocenters. The molecule has 32 heavy (non-hydrogen) atoms. The standard InChI is InChI=1S/C19H20N6O6S/c20-19(21)24-8-7-23-14(26)5-4-11-10-32(30,31)17-13(9-12-3-1-2-6-22-12)16(27)25(17)15(11)18(28)29/h1-6,9,17H,7-8,10H2,(H,23,26)(H,28,29)(H4,20,21,24)/b5-4+,13-9-. The minimum absolute atomic E-state index is 0.0667. The lowest BCUT2D eigenvalue weighted by molar-refractivity contribution is -0.141. The van der Waals surface area contributed by atoms with Crippen LogP contribution in [0.25, 0.3) is 6.08 Å². The third kappa shape index (κ3) is 4.67. The monoisotopic (exact) mass is 460 g/mol. The lowest BCUT2D eigenvalue weighted by atomic mass is 10.0. The van der Waals surface area contributed by atoms with E-state index in [0.717, 1.165) is 12.2 Å². The predicted molar refractivity (Wildman–Crippen MR) is 114 cm³/mol. The van der Waals surface area contributed by atoms with Crippen molar-refractivity contribution in [1.29, 1.82) is 0 Å². The van der Waals surface area contributed by atoms with Gasteiger partial charge in [0.1, 0.15) is 5.70 Å². The number of nitrogens with one attached hydrogen (secondary N) is 1. The number of sulfone groups is 1. The SMILES string of the molecule is NC(N)=NCCNC(=O)/C=C/C1=C(C(=O)O)N2C(=O)/C(=C/c3ccccn3)C2S(=O)(=O)C1. The van der Waals surface area contributed by atoms with E-state index in [2.05, 4.69) is 15.3 Å². The molecule has 0 aliphatic carbocycles. The molecule has 1 aromatic heterocycles. The molecule has 3 rings (SSSR count). The Labute approximate surface area is 182 Å². The highest BCUT2D eigenvalue weighted by atomic mass is 32.2. The number of fused-ring (bicyclic) bond motifs is 1. The first kappa shape index (κ1) is 22.7. The number of carbonyl (C=O) groups is 3. The fourth-order valence-corrected chi connectivity index (χ4v) is 5.14. The number of aliphatic imine (C=N–C) groups is 1. The molecule has 3 heterocycles. The van der Waals surface area contributed by atoms with E-state index >= 15 is 0 Å². The van der Waals surface area contributed by atoms with Gasteiger partial charge in [0, 0.05) is 18.8 Å². The van der Waals surface area contributed by atoms with E-state index in [1.807, 2.05) is 0 Å². The van der Waals surface area contributed by atoms with Gasteiger partial charge in [-0.15, -0.1) is 0 Å². The Morgan fingerprint density at radius 1 is 1.34 bits per heavy atom. The van der Waals surface area contributed by atoms with Gasteiger partial charge < -0.3 is 21.9 Å². The molecular weight excluding hydrogens is 440 g/mol. The molecular formula is C19H20N6O6S. The number of hydrogen-bond donors (Lipinski definition) is 4. The normalized spacial score (nSPS) is 20.6. The number of allylic oxidation sites excluding steroid dienone is 1. The van der Waals surface area contributed by atoms with Crippen LogP contribution in [0.2, 0.25) is 0 Å². The lowest BCUT2D eigenvalue weighted by Crippen LogP contribution is -2.62. The van der Waals surface area contributed by atoms with Crippen molar-refractivity contribution in [2.75, 3.05) is 18.8 Å². The third-order valence-electron chi connectivity index (χ3n) is 4.54. The van der Waals surface area contributed by atoms with Gasteiger partial charge in [-0.25, -0.2) is 13.2 Å². The molecule has 0 saturated carbocycles. The topological polar surface area (TPSA) is 198 Å². The van der Waals surface area contributed by atoms with Crippen LogP contribution in [0.5, 0.6) is 0 Å². The summed E-state index contributed by atoms with van der Waals surface area (Å²) in [6.07, 6.45) is 4.86. The van der Waals surface area contributed by atoms with E-state index in [1.165, 1.54) is 12.3 Å². The second kappa shape index (κ2) is 9.01. The van der Waals surface area contributed by atoms with E-state index < -0.39 is 44.4 Å². The van der Waals surface area contributed by atoms with Crippen LogP contribution in [-0.2, 0) is 24.2 Å². The zero-order chi connectivity index (χ0) is 23.5. The quantitative estimate of drug-likeness (QED) is 0.121. The fourth-order valence-electron chi connectivity index (χ4n) is 3.24. The van der Waals surface area contributed by atoms with Crippen LogP contribution in [0.3, 0.4) is 0 Å². The minimum atomic E-state index is -3.96. The van der Waals surface area contributed by atoms with Gasteiger partial charge in [0.15, 0.2) is 21.2 Å². The molecule has 2 aliphatic rings. The Bertz CT molecular complexity index is 1180. The Morgan fingerprint density at radius 3 is 2.72 bits per heavy atom. The van der Waals surface area contributed by atoms with Crippen molar-refractivity contribution in [2.45, 2.75) is 5.37 Å². The number of carboxylic acid groups (broad SMARTS) is 1. The summed E-state index contributed by atoms with van der Waals surface area (Å²) in [7, 11) is -3.96. The van der Waals surface area contributed by atoms with Crippen LogP contribution in [0, 0.1) is 0 Å². The van der Waals surface area contributed by atoms with Crippen LogP contribution in [0.15, 0.2) is 58.4 Å². The van der Waals surface area contributed by atoms with Crippen LogP contribution in [0.1, 0.15) is 5.69 Å². The van der Waals surface area contributed by atoms with Gasteiger partial charge in [-0.2, -0.15) is 0 Å². The highest BCUT2D eigenvalue weighted by molar-refractivity contribution is 7.92. The molecule has 1 saturated heterocycles. The summed E-state index contributed by atoms with van der Waals surface area (Å²) in [4.78, 5) is 44.8. The number of pyridine rings is 1. The van der Waals surface area contributed by atoms with Gasteiger partial charge in [-0.1, -0.05) is 12.1 Å². The van der Waals surface area contributed by atoms with Crippen molar-refractivity contribution in [1.82, 2.24) is 15.2 Å². The Hall–Kier alpha value is -4.00. The van der Waals surface area contributed by atoms with E-state index in [4.69, 9.17) is 11.5 Å². The van der Waals surface area contributed by atoms with Gasteiger partial charge >= 0.3 is 5.97 Å². The molecule has 6 N–H and O–H groups in total. The number of carboxylic acids is 1. The van der Waals surface area contributed by atoms with Gasteiger partial charge in [-0.3, -0.25) is 24.5 Å². The van der Waals surface area contributed by atoms with Gasteiger partial charge in [-0.05, 0) is 23.8 Å². The Kier molecular flexibility index (Phi) is 6.39. The zero-order valence-electron chi connectivity index (χ0n) is 16.6. The predicted octanol–water partition coefficient (Wildman–Crippen LogP) is -1.65. The summed E-state index contributed by atoms with van der Waals surface area (Å²) >= 11 is 0. The number of β-lactam (4-membered cyclic amide) rings is 1. The van der Waals surface area contributed by atoms with Crippen molar-refractivity contribution in [3.63, 3.8) is 0 Å². The van der Waals surface area contributed by atoms with Crippen LogP contribution >= 0.6 is 0 Å². The van der Waals surface area contributed by atoms with Crippen LogP contribution in [0.4, 0.5) is 0 Å². The van der Waals surface area contributed by atoms with E-state index in [0.29, 0.717) is 10.6 Å². The van der Waals surface area contributed by atoms with E-state index in [9.17, 15) is 27.9 Å². The van der Waals surface area contributed by atoms with Gasteiger partial charge in [0.25, 0.3) is 5.91 Å². The fraction of sp³-hybridized carbons (Fsp3) is 0.211. The Morgan fingerprint density at radius 2 is 2.09 bits per heavy atom. The number of carbonyl (C=O) groups excluding carboxylic acids is 2. The first-order chi connectivity index (χ1) is 15.1. The number of rotatable bonds is 7. The third-order valence-corrected chi connectivity index (χ3v) is 6.40. The molecule has 13 heteroatoms. The summed E-state index contributed by atoms with van der Waals surface area (Å²) in [6.45, 7) is 0.243. The second-order valence-corrected chi connectivity index (χ2v) is 8.86. The molecule has 12 nitrogen and oxygen atoms in total. The number of nitrogens with two attached hydrogens (primary N) is 2. The number of aliphatic carboxylic acids is 1. The number of nitrogens with zero attached hydrogens (tertiary/aromatic N) is 3. The molecule has 0 spiro atoms. The minimum Gasteiger partial charge on any atom is -0.477 e. The average Bonchev–Trinajstić information content (AvgIpc) is 2.73. The summed E-state index contributed by atoms with van der Waals surface area (Å²) < 4.78 is 25.7. The maximum atomic E-state index is 12.8. The molecule has 0 bridgehead atoms. The van der Waals surface area contributed by atoms with Crippen molar-refractivity contribution >= 4 is 39.7 Å². The summed E-state index contributed by atoms with van der Waals surface area (Å²) in [6, 6.07) is 4.92. The number of amides is 2. The summed E-state index contributed by atoms with van der Waals surface area (Å²) in [5, 5.41) is 10.7. The maximum absolute atomic E-state index is 12.8. The van der Waals surface area contributed by atoms with Crippen molar-refractivity contribution < 1.29 is 27.9 Å². The smallest absolute Gasteiger partial charge is 0.352 e. The molecule has 0 radical (unpaired) electrons. The molecule has 0 aromatic carbocycles. The van der Waals surface area contributed by atoms with E-state index in [1.54, 1.807) is 18.2 Å². The van der Waals surface area contributed by atoms with Crippen LogP contribution in [-0.4, -0.2) is 71.4 Å². The van der Waals surface area contributed by atoms with E-state index in [-0.39, 0.29) is 30.2 Å². The average molecular weight is 460 g/mol. The highest BCUT2D eigenvalue weighted by Crippen LogP contribution is 2.41. The lowest BCUT2D eigenvalue weighted by Gasteiger charge is -2.45. The highest BCUT2D eigenvalue weighted by Gasteiger charge is 2.56. The van der Waals surface area contributed by atoms with Crippen molar-refractivity contribution in [3.8, 4) is 0 Å².